The summed E-state index contributed by atoms with van der Waals surface area (Å²) in [6.07, 6.45) is 7.28. The Labute approximate surface area is 146 Å². The molecule has 1 amide bonds. The second-order valence-corrected chi connectivity index (χ2v) is 7.10. The van der Waals surface area contributed by atoms with Crippen molar-refractivity contribution >= 4 is 18.3 Å². The summed E-state index contributed by atoms with van der Waals surface area (Å²) in [4.78, 5) is 12.8. The van der Waals surface area contributed by atoms with Crippen molar-refractivity contribution < 1.29 is 14.3 Å². The maximum Gasteiger partial charge on any atom is 0.226 e. The normalized spacial score (nSPS) is 22.3. The van der Waals surface area contributed by atoms with E-state index in [9.17, 15) is 4.79 Å². The average molecular weight is 349 g/mol. The lowest BCUT2D eigenvalue weighted by atomic mass is 9.78. The van der Waals surface area contributed by atoms with Crippen LogP contribution in [0.25, 0.3) is 0 Å². The molecule has 6 heteroatoms. The van der Waals surface area contributed by atoms with E-state index in [0.717, 1.165) is 71.2 Å². The molecule has 2 aliphatic rings. The second-order valence-electron chi connectivity index (χ2n) is 7.10. The zero-order chi connectivity index (χ0) is 15.9. The van der Waals surface area contributed by atoms with Crippen molar-refractivity contribution in [3.63, 3.8) is 0 Å². The third kappa shape index (κ3) is 5.31. The van der Waals surface area contributed by atoms with Gasteiger partial charge in [0.2, 0.25) is 5.91 Å². The van der Waals surface area contributed by atoms with Crippen LogP contribution in [0.3, 0.4) is 0 Å². The standard InChI is InChI=1S/C17H32N2O3.ClH/c1-21-12-9-17(5-3-4-6-17)15(20)19-13-16(14-22-2)7-10-18-11-8-16;/h18H,3-14H2,1-2H3,(H,19,20);1H. The van der Waals surface area contributed by atoms with Gasteiger partial charge in [0.1, 0.15) is 0 Å². The molecule has 0 bridgehead atoms. The summed E-state index contributed by atoms with van der Waals surface area (Å²) in [7, 11) is 3.46. The number of rotatable bonds is 8. The third-order valence-electron chi connectivity index (χ3n) is 5.57. The van der Waals surface area contributed by atoms with Crippen molar-refractivity contribution in [2.75, 3.05) is 47.1 Å². The molecule has 0 aromatic heterocycles. The number of carbonyl (C=O) groups is 1. The van der Waals surface area contributed by atoms with Crippen LogP contribution in [0.1, 0.15) is 44.9 Å². The van der Waals surface area contributed by atoms with Crippen LogP contribution in [-0.4, -0.2) is 53.0 Å². The minimum absolute atomic E-state index is 0. The number of nitrogens with one attached hydrogen (secondary N) is 2. The zero-order valence-electron chi connectivity index (χ0n) is 14.6. The van der Waals surface area contributed by atoms with Gasteiger partial charge < -0.3 is 20.1 Å². The summed E-state index contributed by atoms with van der Waals surface area (Å²) in [6.45, 7) is 4.14. The van der Waals surface area contributed by atoms with Crippen LogP contribution < -0.4 is 10.6 Å². The Morgan fingerprint density at radius 3 is 2.30 bits per heavy atom. The first-order chi connectivity index (χ1) is 10.7. The summed E-state index contributed by atoms with van der Waals surface area (Å²) in [5.74, 6) is 0.232. The Balaban J connectivity index is 0.00000264. The van der Waals surface area contributed by atoms with Gasteiger partial charge in [-0.3, -0.25) is 4.79 Å². The Morgan fingerprint density at radius 1 is 1.09 bits per heavy atom. The van der Waals surface area contributed by atoms with E-state index in [1.807, 2.05) is 0 Å². The van der Waals surface area contributed by atoms with Crippen LogP contribution in [0, 0.1) is 10.8 Å². The molecular formula is C17H33ClN2O3. The van der Waals surface area contributed by atoms with Gasteiger partial charge in [-0.2, -0.15) is 0 Å². The van der Waals surface area contributed by atoms with Gasteiger partial charge in [0.25, 0.3) is 0 Å². The Bertz CT molecular complexity index is 348. The fourth-order valence-corrected chi connectivity index (χ4v) is 4.03. The number of hydrogen-bond acceptors (Lipinski definition) is 4. The number of methoxy groups -OCH3 is 2. The van der Waals surface area contributed by atoms with Crippen molar-refractivity contribution in [2.24, 2.45) is 10.8 Å². The van der Waals surface area contributed by atoms with E-state index < -0.39 is 0 Å². The first-order valence-electron chi connectivity index (χ1n) is 8.63. The second kappa shape index (κ2) is 9.82. The van der Waals surface area contributed by atoms with Gasteiger partial charge in [0.15, 0.2) is 0 Å². The molecule has 1 aliphatic heterocycles. The molecule has 0 aromatic rings. The maximum atomic E-state index is 12.8. The Hall–Kier alpha value is -0.360. The van der Waals surface area contributed by atoms with Gasteiger partial charge in [-0.1, -0.05) is 12.8 Å². The van der Waals surface area contributed by atoms with Crippen molar-refractivity contribution in [2.45, 2.75) is 44.9 Å². The lowest BCUT2D eigenvalue weighted by Crippen LogP contribution is -2.50. The number of amides is 1. The van der Waals surface area contributed by atoms with E-state index >= 15 is 0 Å². The molecule has 0 aromatic carbocycles. The van der Waals surface area contributed by atoms with Crippen LogP contribution in [0.5, 0.6) is 0 Å². The highest BCUT2D eigenvalue weighted by Gasteiger charge is 2.42. The molecule has 0 atom stereocenters. The van der Waals surface area contributed by atoms with E-state index in [1.165, 1.54) is 0 Å². The molecule has 0 unspecified atom stereocenters. The predicted molar refractivity (Wildman–Crippen MR) is 94.1 cm³/mol. The molecule has 1 aliphatic carbocycles. The fraction of sp³-hybridized carbons (Fsp3) is 0.941. The average Bonchev–Trinajstić information content (AvgIpc) is 3.02. The summed E-state index contributed by atoms with van der Waals surface area (Å²) >= 11 is 0. The molecule has 23 heavy (non-hydrogen) atoms. The van der Waals surface area contributed by atoms with Gasteiger partial charge in [0.05, 0.1) is 12.0 Å². The third-order valence-corrected chi connectivity index (χ3v) is 5.57. The number of halogens is 1. The minimum atomic E-state index is -0.197. The zero-order valence-corrected chi connectivity index (χ0v) is 15.4. The lowest BCUT2D eigenvalue weighted by Gasteiger charge is -2.38. The van der Waals surface area contributed by atoms with E-state index in [-0.39, 0.29) is 29.1 Å². The summed E-state index contributed by atoms with van der Waals surface area (Å²) in [5, 5.41) is 6.66. The van der Waals surface area contributed by atoms with Crippen LogP contribution in [0.2, 0.25) is 0 Å². The number of ether oxygens (including phenoxy) is 2. The van der Waals surface area contributed by atoms with Crippen LogP contribution in [0.15, 0.2) is 0 Å². The first-order valence-corrected chi connectivity index (χ1v) is 8.63. The SMILES string of the molecule is COCCC1(C(=O)NCC2(COC)CCNCC2)CCCC1.Cl. The summed E-state index contributed by atoms with van der Waals surface area (Å²) in [6, 6.07) is 0. The maximum absolute atomic E-state index is 12.8. The van der Waals surface area contributed by atoms with E-state index in [0.29, 0.717) is 6.61 Å². The van der Waals surface area contributed by atoms with Crippen LogP contribution >= 0.6 is 12.4 Å². The van der Waals surface area contributed by atoms with Gasteiger partial charge in [-0.25, -0.2) is 0 Å². The Kier molecular flexibility index (Phi) is 8.83. The smallest absolute Gasteiger partial charge is 0.226 e. The molecule has 2 rings (SSSR count). The van der Waals surface area contributed by atoms with Crippen molar-refractivity contribution in [3.05, 3.63) is 0 Å². The topological polar surface area (TPSA) is 59.6 Å². The number of carbonyl (C=O) groups excluding carboxylic acids is 1. The summed E-state index contributed by atoms with van der Waals surface area (Å²) < 4.78 is 10.7. The van der Waals surface area contributed by atoms with E-state index in [4.69, 9.17) is 9.47 Å². The highest BCUT2D eigenvalue weighted by Crippen LogP contribution is 2.41. The largest absolute Gasteiger partial charge is 0.385 e. The molecular weight excluding hydrogens is 316 g/mol. The first kappa shape index (κ1) is 20.7. The minimum Gasteiger partial charge on any atom is -0.385 e. The van der Waals surface area contributed by atoms with Crippen molar-refractivity contribution in [1.29, 1.82) is 0 Å². The van der Waals surface area contributed by atoms with E-state index in [2.05, 4.69) is 10.6 Å². The molecule has 136 valence electrons. The van der Waals surface area contributed by atoms with Crippen molar-refractivity contribution in [1.82, 2.24) is 10.6 Å². The molecule has 1 saturated carbocycles. The van der Waals surface area contributed by atoms with Gasteiger partial charge in [-0.15, -0.1) is 12.4 Å². The highest BCUT2D eigenvalue weighted by atomic mass is 35.5. The number of hydrogen-bond donors (Lipinski definition) is 2. The predicted octanol–water partition coefficient (Wildman–Crippen LogP) is 2.14. The van der Waals surface area contributed by atoms with Crippen LogP contribution in [-0.2, 0) is 14.3 Å². The quantitative estimate of drug-likeness (QED) is 0.705. The van der Waals surface area contributed by atoms with Gasteiger partial charge >= 0.3 is 0 Å². The molecule has 5 nitrogen and oxygen atoms in total. The Morgan fingerprint density at radius 2 is 1.74 bits per heavy atom. The lowest BCUT2D eigenvalue weighted by molar-refractivity contribution is -0.132. The van der Waals surface area contributed by atoms with Gasteiger partial charge in [0, 0.05) is 32.8 Å². The highest BCUT2D eigenvalue weighted by molar-refractivity contribution is 5.85. The van der Waals surface area contributed by atoms with Crippen molar-refractivity contribution in [3.8, 4) is 0 Å². The molecule has 1 heterocycles. The molecule has 0 spiro atoms. The molecule has 2 N–H and O–H groups in total. The molecule has 1 saturated heterocycles. The molecule has 2 fully saturated rings. The van der Waals surface area contributed by atoms with Crippen LogP contribution in [0.4, 0.5) is 0 Å². The fourth-order valence-electron chi connectivity index (χ4n) is 4.03. The summed E-state index contributed by atoms with van der Waals surface area (Å²) in [5.41, 5.74) is -0.103. The molecule has 0 radical (unpaired) electrons. The number of piperidine rings is 1. The van der Waals surface area contributed by atoms with Gasteiger partial charge in [-0.05, 0) is 45.2 Å². The monoisotopic (exact) mass is 348 g/mol. The van der Waals surface area contributed by atoms with E-state index in [1.54, 1.807) is 14.2 Å².